The molecule has 9 heteroatoms. The summed E-state index contributed by atoms with van der Waals surface area (Å²) in [5.41, 5.74) is 2.70. The van der Waals surface area contributed by atoms with Crippen LogP contribution < -0.4 is 20.1 Å². The fraction of sp³-hybridized carbons (Fsp3) is 0.185. The van der Waals surface area contributed by atoms with Crippen molar-refractivity contribution in [1.82, 2.24) is 10.6 Å². The maximum absolute atomic E-state index is 13.1. The molecular formula is C27H24Cl2N2O5. The number of amides is 2. The smallest absolute Gasteiger partial charge is 0.338 e. The van der Waals surface area contributed by atoms with E-state index in [2.05, 4.69) is 10.6 Å². The molecule has 0 aromatic heterocycles. The van der Waals surface area contributed by atoms with Crippen LogP contribution in [0.15, 0.2) is 72.3 Å². The minimum absolute atomic E-state index is 0.173. The number of hydrogen-bond acceptors (Lipinski definition) is 5. The molecule has 0 radical (unpaired) electrons. The second-order valence-electron chi connectivity index (χ2n) is 7.86. The number of hydrogen-bond donors (Lipinski definition) is 2. The van der Waals surface area contributed by atoms with Gasteiger partial charge in [-0.25, -0.2) is 9.59 Å². The maximum atomic E-state index is 13.1. The fourth-order valence-electron chi connectivity index (χ4n) is 3.86. The van der Waals surface area contributed by atoms with Crippen LogP contribution in [0.1, 0.15) is 29.7 Å². The van der Waals surface area contributed by atoms with Gasteiger partial charge in [0, 0.05) is 5.02 Å². The highest BCUT2D eigenvalue weighted by molar-refractivity contribution is 6.32. The SMILES string of the molecule is CCOC(=O)C1=C(c2ccccc2)NC(=O)N[C@@H]1c1cc(Cl)c(OCc2ccc(Cl)cc2)c(OC)c1. The van der Waals surface area contributed by atoms with Crippen molar-refractivity contribution in [2.75, 3.05) is 13.7 Å². The van der Waals surface area contributed by atoms with Gasteiger partial charge in [-0.3, -0.25) is 0 Å². The zero-order valence-corrected chi connectivity index (χ0v) is 21.2. The van der Waals surface area contributed by atoms with E-state index >= 15 is 0 Å². The van der Waals surface area contributed by atoms with E-state index in [1.54, 1.807) is 43.3 Å². The van der Waals surface area contributed by atoms with Crippen LogP contribution in [0.3, 0.4) is 0 Å². The van der Waals surface area contributed by atoms with E-state index < -0.39 is 18.0 Å². The Bertz CT molecular complexity index is 1290. The molecule has 3 aromatic rings. The van der Waals surface area contributed by atoms with E-state index in [1.165, 1.54) is 7.11 Å². The van der Waals surface area contributed by atoms with Gasteiger partial charge in [0.25, 0.3) is 0 Å². The summed E-state index contributed by atoms with van der Waals surface area (Å²) in [5.74, 6) is 0.124. The summed E-state index contributed by atoms with van der Waals surface area (Å²) in [6, 6.07) is 18.4. The molecule has 0 fully saturated rings. The van der Waals surface area contributed by atoms with Gasteiger partial charge in [0.05, 0.1) is 36.1 Å². The summed E-state index contributed by atoms with van der Waals surface area (Å²) in [5, 5.41) is 6.44. The lowest BCUT2D eigenvalue weighted by molar-refractivity contribution is -0.138. The van der Waals surface area contributed by atoms with Crippen molar-refractivity contribution < 1.29 is 23.8 Å². The number of methoxy groups -OCH3 is 1. The van der Waals surface area contributed by atoms with E-state index in [-0.39, 0.29) is 23.8 Å². The predicted molar refractivity (Wildman–Crippen MR) is 138 cm³/mol. The van der Waals surface area contributed by atoms with E-state index in [4.69, 9.17) is 37.4 Å². The summed E-state index contributed by atoms with van der Waals surface area (Å²) in [7, 11) is 1.49. The number of carbonyl (C=O) groups excluding carboxylic acids is 2. The number of rotatable bonds is 8. The Morgan fingerprint density at radius 2 is 1.75 bits per heavy atom. The van der Waals surface area contributed by atoms with Crippen LogP contribution in [0.5, 0.6) is 11.5 Å². The molecule has 0 spiro atoms. The molecule has 0 aliphatic carbocycles. The van der Waals surface area contributed by atoms with Gasteiger partial charge in [0.15, 0.2) is 11.5 Å². The van der Waals surface area contributed by atoms with E-state index in [0.717, 1.165) is 5.56 Å². The highest BCUT2D eigenvalue weighted by atomic mass is 35.5. The van der Waals surface area contributed by atoms with Crippen molar-refractivity contribution in [3.63, 3.8) is 0 Å². The van der Waals surface area contributed by atoms with E-state index in [1.807, 2.05) is 30.3 Å². The Morgan fingerprint density at radius 1 is 1.03 bits per heavy atom. The Kier molecular flexibility index (Phi) is 8.03. The maximum Gasteiger partial charge on any atom is 0.338 e. The summed E-state index contributed by atoms with van der Waals surface area (Å²) in [6.07, 6.45) is 0. The number of esters is 1. The largest absolute Gasteiger partial charge is 0.493 e. The normalized spacial score (nSPS) is 15.1. The molecular weight excluding hydrogens is 503 g/mol. The van der Waals surface area contributed by atoms with Crippen molar-refractivity contribution in [2.24, 2.45) is 0 Å². The van der Waals surface area contributed by atoms with Gasteiger partial charge in [0.2, 0.25) is 0 Å². The average Bonchev–Trinajstić information content (AvgIpc) is 2.88. The molecule has 7 nitrogen and oxygen atoms in total. The van der Waals surface area contributed by atoms with Gasteiger partial charge < -0.3 is 24.8 Å². The molecule has 1 heterocycles. The number of halogens is 2. The standard InChI is InChI=1S/C27H24Cl2N2O5/c1-3-35-26(32)22-23(17-7-5-4-6-8-17)30-27(33)31-24(22)18-13-20(29)25(21(14-18)34-2)36-15-16-9-11-19(28)12-10-16/h4-14,24H,3,15H2,1-2H3,(H2,30,31,33)/t24-/m1/s1. The predicted octanol–water partition coefficient (Wildman–Crippen LogP) is 5.91. The Labute approximate surface area is 219 Å². The average molecular weight is 527 g/mol. The lowest BCUT2D eigenvalue weighted by atomic mass is 9.92. The van der Waals surface area contributed by atoms with Gasteiger partial charge in [-0.2, -0.15) is 0 Å². The molecule has 3 aromatic carbocycles. The minimum Gasteiger partial charge on any atom is -0.493 e. The molecule has 0 bridgehead atoms. The third-order valence-electron chi connectivity index (χ3n) is 5.51. The first-order valence-electron chi connectivity index (χ1n) is 11.2. The highest BCUT2D eigenvalue weighted by Gasteiger charge is 2.35. The van der Waals surface area contributed by atoms with Crippen LogP contribution in [0.4, 0.5) is 4.79 Å². The van der Waals surface area contributed by atoms with Crippen molar-refractivity contribution in [3.05, 3.63) is 99.0 Å². The molecule has 1 aliphatic rings. The van der Waals surface area contributed by atoms with Crippen LogP contribution >= 0.6 is 23.2 Å². The minimum atomic E-state index is -0.843. The highest BCUT2D eigenvalue weighted by Crippen LogP contribution is 2.41. The third kappa shape index (κ3) is 5.58. The zero-order chi connectivity index (χ0) is 25.7. The van der Waals surface area contributed by atoms with Crippen molar-refractivity contribution in [2.45, 2.75) is 19.6 Å². The molecule has 1 atom stereocenters. The first-order chi connectivity index (χ1) is 17.4. The van der Waals surface area contributed by atoms with Crippen molar-refractivity contribution in [3.8, 4) is 11.5 Å². The van der Waals surface area contributed by atoms with E-state index in [0.29, 0.717) is 33.3 Å². The molecule has 0 saturated carbocycles. The summed E-state index contributed by atoms with van der Waals surface area (Å²) >= 11 is 12.6. The first kappa shape index (κ1) is 25.4. The first-order valence-corrected chi connectivity index (χ1v) is 12.0. The molecule has 4 rings (SSSR count). The van der Waals surface area contributed by atoms with Gasteiger partial charge in [-0.1, -0.05) is 65.7 Å². The van der Waals surface area contributed by atoms with Crippen LogP contribution in [-0.2, 0) is 16.1 Å². The Hall–Kier alpha value is -3.68. The number of benzene rings is 3. The molecule has 2 N–H and O–H groups in total. The van der Waals surface area contributed by atoms with E-state index in [9.17, 15) is 9.59 Å². The Balaban J connectivity index is 1.75. The number of ether oxygens (including phenoxy) is 3. The number of carbonyl (C=O) groups is 2. The quantitative estimate of drug-likeness (QED) is 0.356. The van der Waals surface area contributed by atoms with Crippen LogP contribution in [0.2, 0.25) is 10.0 Å². The summed E-state index contributed by atoms with van der Waals surface area (Å²) < 4.78 is 16.8. The molecule has 0 saturated heterocycles. The monoisotopic (exact) mass is 526 g/mol. The molecule has 1 aliphatic heterocycles. The van der Waals surface area contributed by atoms with Crippen LogP contribution in [0.25, 0.3) is 5.70 Å². The lowest BCUT2D eigenvalue weighted by Gasteiger charge is -2.30. The summed E-state index contributed by atoms with van der Waals surface area (Å²) in [6.45, 7) is 2.13. The second-order valence-corrected chi connectivity index (χ2v) is 8.70. The molecule has 2 amide bonds. The third-order valence-corrected chi connectivity index (χ3v) is 6.04. The van der Waals surface area contributed by atoms with Crippen molar-refractivity contribution >= 4 is 40.9 Å². The molecule has 186 valence electrons. The number of urea groups is 1. The zero-order valence-electron chi connectivity index (χ0n) is 19.6. The van der Waals surface area contributed by atoms with Crippen molar-refractivity contribution in [1.29, 1.82) is 0 Å². The van der Waals surface area contributed by atoms with Crippen LogP contribution in [-0.4, -0.2) is 25.7 Å². The molecule has 36 heavy (non-hydrogen) atoms. The van der Waals surface area contributed by atoms with Gasteiger partial charge in [-0.05, 0) is 47.9 Å². The number of nitrogens with one attached hydrogen (secondary N) is 2. The van der Waals surface area contributed by atoms with Gasteiger partial charge in [0.1, 0.15) is 6.61 Å². The molecule has 0 unspecified atom stereocenters. The topological polar surface area (TPSA) is 85.9 Å². The fourth-order valence-corrected chi connectivity index (χ4v) is 4.26. The Morgan fingerprint density at radius 3 is 2.42 bits per heavy atom. The van der Waals surface area contributed by atoms with Gasteiger partial charge in [-0.15, -0.1) is 0 Å². The van der Waals surface area contributed by atoms with Crippen LogP contribution in [0, 0.1) is 0 Å². The lowest BCUT2D eigenvalue weighted by Crippen LogP contribution is -2.45. The summed E-state index contributed by atoms with van der Waals surface area (Å²) in [4.78, 5) is 25.7. The second kappa shape index (κ2) is 11.4. The van der Waals surface area contributed by atoms with Gasteiger partial charge >= 0.3 is 12.0 Å².